The number of imidazole rings is 1. The van der Waals surface area contributed by atoms with Gasteiger partial charge in [0.15, 0.2) is 5.69 Å². The third-order valence-corrected chi connectivity index (χ3v) is 3.38. The summed E-state index contributed by atoms with van der Waals surface area (Å²) in [6.45, 7) is 0. The zero-order valence-corrected chi connectivity index (χ0v) is 10.6. The fourth-order valence-corrected chi connectivity index (χ4v) is 2.47. The molecule has 2 rings (SSSR count). The van der Waals surface area contributed by atoms with Gasteiger partial charge < -0.3 is 5.21 Å². The van der Waals surface area contributed by atoms with Crippen LogP contribution in [0, 0.1) is 0 Å². The minimum atomic E-state index is 0.848. The van der Waals surface area contributed by atoms with Crippen molar-refractivity contribution >= 4 is 18.0 Å². The summed E-state index contributed by atoms with van der Waals surface area (Å²) >= 11 is 1.65. The molecule has 0 saturated carbocycles. The fourth-order valence-electron chi connectivity index (χ4n) is 1.73. The van der Waals surface area contributed by atoms with E-state index in [4.69, 9.17) is 5.21 Å². The number of nitrogens with zero attached hydrogens (tertiary/aromatic N) is 3. The highest BCUT2D eigenvalue weighted by Crippen LogP contribution is 2.14. The molecule has 0 atom stereocenters. The zero-order valence-electron chi connectivity index (χ0n) is 9.74. The van der Waals surface area contributed by atoms with Gasteiger partial charge in [0.05, 0.1) is 7.05 Å². The van der Waals surface area contributed by atoms with Gasteiger partial charge in [0.25, 0.3) is 0 Å². The minimum absolute atomic E-state index is 0.848. The second-order valence-corrected chi connectivity index (χ2v) is 4.32. The number of aromatic nitrogens is 2. The first-order valence-electron chi connectivity index (χ1n) is 5.16. The van der Waals surface area contributed by atoms with Crippen LogP contribution in [0.2, 0.25) is 0 Å². The van der Waals surface area contributed by atoms with Crippen LogP contribution in [0.4, 0.5) is 0 Å². The molecule has 0 bridgehead atoms. The van der Waals surface area contributed by atoms with Crippen molar-refractivity contribution in [3.8, 4) is 5.69 Å². The second-order valence-electron chi connectivity index (χ2n) is 3.55. The van der Waals surface area contributed by atoms with E-state index in [0.29, 0.717) is 0 Å². The molecule has 1 aromatic heterocycles. The topological polar surface area (TPSA) is 41.4 Å². The Morgan fingerprint density at radius 2 is 2.06 bits per heavy atom. The summed E-state index contributed by atoms with van der Waals surface area (Å²) in [5.74, 6) is 0. The molecule has 1 N–H and O–H groups in total. The highest BCUT2D eigenvalue weighted by atomic mass is 32.2. The first-order valence-corrected chi connectivity index (χ1v) is 6.38. The van der Waals surface area contributed by atoms with E-state index in [1.165, 1.54) is 6.21 Å². The molecule has 0 aliphatic heterocycles. The molecule has 0 fully saturated rings. The maximum atomic E-state index is 8.63. The number of benzene rings is 1. The Hall–Kier alpha value is -1.75. The van der Waals surface area contributed by atoms with Gasteiger partial charge in [-0.1, -0.05) is 23.4 Å². The Morgan fingerprint density at radius 1 is 1.35 bits per heavy atom. The van der Waals surface area contributed by atoms with Gasteiger partial charge in [-0.15, -0.1) is 0 Å². The molecule has 0 aliphatic carbocycles. The largest absolute Gasteiger partial charge is 0.411 e. The van der Waals surface area contributed by atoms with E-state index in [0.717, 1.165) is 16.5 Å². The summed E-state index contributed by atoms with van der Waals surface area (Å²) in [6, 6.07) is 10.1. The van der Waals surface area contributed by atoms with Gasteiger partial charge in [-0.3, -0.25) is 0 Å². The summed E-state index contributed by atoms with van der Waals surface area (Å²) in [4.78, 5) is 0. The third-order valence-electron chi connectivity index (χ3n) is 2.55. The van der Waals surface area contributed by atoms with E-state index >= 15 is 0 Å². The van der Waals surface area contributed by atoms with Gasteiger partial charge in [0, 0.05) is 0 Å². The average Bonchev–Trinajstić information content (AvgIpc) is 2.68. The number of hydrogen-bond acceptors (Lipinski definition) is 3. The lowest BCUT2D eigenvalue weighted by Gasteiger charge is -1.98. The van der Waals surface area contributed by atoms with Crippen molar-refractivity contribution < 1.29 is 9.77 Å². The quantitative estimate of drug-likeness (QED) is 0.296. The van der Waals surface area contributed by atoms with E-state index in [1.54, 1.807) is 11.8 Å². The summed E-state index contributed by atoms with van der Waals surface area (Å²) in [7, 11) is 1.95. The Bertz CT molecular complexity index is 534. The van der Waals surface area contributed by atoms with Crippen LogP contribution in [0.1, 0.15) is 5.69 Å². The molecule has 5 heteroatoms. The van der Waals surface area contributed by atoms with Crippen LogP contribution in [0.5, 0.6) is 0 Å². The predicted molar refractivity (Wildman–Crippen MR) is 68.1 cm³/mol. The number of rotatable bonds is 3. The van der Waals surface area contributed by atoms with Crippen LogP contribution in [0.25, 0.3) is 5.69 Å². The Balaban J connectivity index is 2.58. The van der Waals surface area contributed by atoms with Crippen molar-refractivity contribution in [1.82, 2.24) is 4.57 Å². The summed E-state index contributed by atoms with van der Waals surface area (Å²) in [6.07, 6.45) is 5.40. The van der Waals surface area contributed by atoms with Crippen molar-refractivity contribution in [3.05, 3.63) is 42.2 Å². The molecule has 1 aromatic carbocycles. The summed E-state index contributed by atoms with van der Waals surface area (Å²) in [5.41, 5.74) is 1.94. The smallest absolute Gasteiger partial charge is 0.323 e. The number of thioether (sulfide) groups is 1. The number of hydrogen-bond donors (Lipinski definition) is 1. The fraction of sp³-hybridized carbons (Fsp3) is 0.167. The number of oxime groups is 1. The van der Waals surface area contributed by atoms with Crippen molar-refractivity contribution in [2.75, 3.05) is 6.26 Å². The summed E-state index contributed by atoms with van der Waals surface area (Å²) < 4.78 is 4.05. The van der Waals surface area contributed by atoms with Crippen molar-refractivity contribution in [2.24, 2.45) is 12.2 Å². The number of para-hydroxylation sites is 1. The monoisotopic (exact) mass is 248 g/mol. The van der Waals surface area contributed by atoms with Gasteiger partial charge in [-0.05, 0) is 30.2 Å². The molecular formula is C12H14N3OS+. The molecule has 1 heterocycles. The Labute approximate surface area is 104 Å². The molecule has 4 nitrogen and oxygen atoms in total. The SMILES string of the molecule is CSc1n(C)c(/C=N/O)c[n+]1-c1ccccc1. The van der Waals surface area contributed by atoms with Crippen LogP contribution in [-0.4, -0.2) is 22.2 Å². The van der Waals surface area contributed by atoms with Gasteiger partial charge in [-0.25, -0.2) is 4.57 Å². The van der Waals surface area contributed by atoms with Gasteiger partial charge in [-0.2, -0.15) is 4.57 Å². The van der Waals surface area contributed by atoms with Gasteiger partial charge in [0.1, 0.15) is 18.1 Å². The molecule has 0 radical (unpaired) electrons. The van der Waals surface area contributed by atoms with Crippen LogP contribution in [-0.2, 0) is 7.05 Å². The van der Waals surface area contributed by atoms with Gasteiger partial charge in [0.2, 0.25) is 0 Å². The van der Waals surface area contributed by atoms with Crippen LogP contribution >= 0.6 is 11.8 Å². The molecule has 17 heavy (non-hydrogen) atoms. The maximum Gasteiger partial charge on any atom is 0.323 e. The average molecular weight is 248 g/mol. The Kier molecular flexibility index (Phi) is 3.49. The van der Waals surface area contributed by atoms with Crippen molar-refractivity contribution in [3.63, 3.8) is 0 Å². The van der Waals surface area contributed by atoms with E-state index in [1.807, 2.05) is 54.4 Å². The van der Waals surface area contributed by atoms with E-state index in [2.05, 4.69) is 9.72 Å². The van der Waals surface area contributed by atoms with E-state index in [9.17, 15) is 0 Å². The lowest BCUT2D eigenvalue weighted by molar-refractivity contribution is -0.636. The second kappa shape index (κ2) is 5.05. The van der Waals surface area contributed by atoms with Crippen molar-refractivity contribution in [1.29, 1.82) is 0 Å². The van der Waals surface area contributed by atoms with E-state index in [-0.39, 0.29) is 0 Å². The lowest BCUT2D eigenvalue weighted by Crippen LogP contribution is -2.31. The maximum absolute atomic E-state index is 8.63. The zero-order chi connectivity index (χ0) is 12.3. The molecular weight excluding hydrogens is 234 g/mol. The highest BCUT2D eigenvalue weighted by molar-refractivity contribution is 7.98. The van der Waals surface area contributed by atoms with Crippen LogP contribution < -0.4 is 4.57 Å². The predicted octanol–water partition coefficient (Wildman–Crippen LogP) is 1.83. The molecule has 0 amide bonds. The molecule has 0 spiro atoms. The molecule has 0 unspecified atom stereocenters. The van der Waals surface area contributed by atoms with Gasteiger partial charge >= 0.3 is 5.16 Å². The van der Waals surface area contributed by atoms with E-state index < -0.39 is 0 Å². The third kappa shape index (κ3) is 2.19. The standard InChI is InChI=1S/C12H13N3OS/c1-14-11(8-13-16)9-15(12(14)17-2)10-6-4-3-5-7-10/h3-9H,1-2H3/p+1/b13-8+. The van der Waals surface area contributed by atoms with Crippen LogP contribution in [0.3, 0.4) is 0 Å². The normalized spacial score (nSPS) is 11.2. The molecule has 0 aliphatic rings. The van der Waals surface area contributed by atoms with Crippen LogP contribution in [0.15, 0.2) is 46.8 Å². The molecule has 2 aromatic rings. The summed E-state index contributed by atoms with van der Waals surface area (Å²) in [5, 5.41) is 12.8. The van der Waals surface area contributed by atoms with Crippen molar-refractivity contribution in [2.45, 2.75) is 5.16 Å². The molecule has 88 valence electrons. The first-order chi connectivity index (χ1) is 8.27. The minimum Gasteiger partial charge on any atom is -0.411 e. The molecule has 0 saturated heterocycles. The highest BCUT2D eigenvalue weighted by Gasteiger charge is 2.20. The Morgan fingerprint density at radius 3 is 2.65 bits per heavy atom. The first kappa shape index (κ1) is 11.7. The lowest BCUT2D eigenvalue weighted by atomic mass is 10.3.